The summed E-state index contributed by atoms with van der Waals surface area (Å²) in [6.07, 6.45) is 2.54. The summed E-state index contributed by atoms with van der Waals surface area (Å²) in [5, 5.41) is 2.58. The number of rotatable bonds is 5. The highest BCUT2D eigenvalue weighted by Gasteiger charge is 2.23. The highest BCUT2D eigenvalue weighted by Crippen LogP contribution is 2.35. The van der Waals surface area contributed by atoms with Gasteiger partial charge in [0.25, 0.3) is 0 Å². The van der Waals surface area contributed by atoms with E-state index >= 15 is 0 Å². The van der Waals surface area contributed by atoms with Gasteiger partial charge in [0.05, 0.1) is 14.8 Å². The second kappa shape index (κ2) is 7.17. The molecule has 1 saturated heterocycles. The first-order chi connectivity index (χ1) is 10.3. The van der Waals surface area contributed by atoms with Gasteiger partial charge in [0.1, 0.15) is 0 Å². The Bertz CT molecular complexity index is 506. The summed E-state index contributed by atoms with van der Waals surface area (Å²) < 4.78 is 6.39. The van der Waals surface area contributed by atoms with Crippen molar-refractivity contribution in [2.24, 2.45) is 0 Å². The molecule has 2 aromatic carbocycles. The van der Waals surface area contributed by atoms with Gasteiger partial charge in [0.2, 0.25) is 0 Å². The van der Waals surface area contributed by atoms with Crippen molar-refractivity contribution < 1.29 is 4.52 Å². The Kier molecular flexibility index (Phi) is 5.03. The fraction of sp³-hybridized carbons (Fsp3) is 0.333. The third kappa shape index (κ3) is 3.71. The van der Waals surface area contributed by atoms with Crippen LogP contribution in [0.3, 0.4) is 0 Å². The first-order valence-electron chi connectivity index (χ1n) is 7.58. The summed E-state index contributed by atoms with van der Waals surface area (Å²) in [7, 11) is 1.49. The van der Waals surface area contributed by atoms with Gasteiger partial charge in [-0.15, -0.1) is 0 Å². The molecule has 2 nitrogen and oxygen atoms in total. The molecule has 0 bridgehead atoms. The Balaban J connectivity index is 1.76. The summed E-state index contributed by atoms with van der Waals surface area (Å²) in [6.45, 7) is 2.02. The second-order valence-corrected chi connectivity index (χ2v) is 7.42. The van der Waals surface area contributed by atoms with E-state index in [0.29, 0.717) is 6.04 Å². The van der Waals surface area contributed by atoms with Crippen LogP contribution in [0.15, 0.2) is 60.7 Å². The lowest BCUT2D eigenvalue weighted by Gasteiger charge is -2.24. The summed E-state index contributed by atoms with van der Waals surface area (Å²) in [5.74, 6) is 0. The van der Waals surface area contributed by atoms with E-state index in [2.05, 4.69) is 72.6 Å². The zero-order valence-electron chi connectivity index (χ0n) is 12.5. The number of hydrogen-bond donors (Lipinski definition) is 0. The van der Waals surface area contributed by atoms with E-state index in [1.165, 1.54) is 30.0 Å². The molecule has 0 spiro atoms. The SMILES string of the molecule is CN1CCCC1COP(c1ccccc1)c1ccccc1. The summed E-state index contributed by atoms with van der Waals surface area (Å²) in [5.41, 5.74) is 0. The number of benzene rings is 2. The van der Waals surface area contributed by atoms with E-state index in [1.54, 1.807) is 0 Å². The van der Waals surface area contributed by atoms with Crippen LogP contribution in [0.5, 0.6) is 0 Å². The third-order valence-corrected chi connectivity index (χ3v) is 5.99. The Morgan fingerprint density at radius 3 is 2.05 bits per heavy atom. The quantitative estimate of drug-likeness (QED) is 0.787. The van der Waals surface area contributed by atoms with Crippen LogP contribution in [0, 0.1) is 0 Å². The average Bonchev–Trinajstić information content (AvgIpc) is 2.95. The van der Waals surface area contributed by atoms with Crippen molar-refractivity contribution in [2.45, 2.75) is 18.9 Å². The predicted molar refractivity (Wildman–Crippen MR) is 90.7 cm³/mol. The zero-order valence-corrected chi connectivity index (χ0v) is 13.4. The minimum absolute atomic E-state index is 0.572. The highest BCUT2D eigenvalue weighted by atomic mass is 31.1. The third-order valence-electron chi connectivity index (χ3n) is 4.05. The molecule has 0 N–H and O–H groups in total. The molecule has 1 heterocycles. The van der Waals surface area contributed by atoms with Gasteiger partial charge < -0.3 is 9.42 Å². The monoisotopic (exact) mass is 299 g/mol. The number of likely N-dealkylation sites (tertiary alicyclic amines) is 1. The molecule has 0 radical (unpaired) electrons. The van der Waals surface area contributed by atoms with Crippen molar-refractivity contribution in [2.75, 3.05) is 20.2 Å². The van der Waals surface area contributed by atoms with Gasteiger partial charge in [0.15, 0.2) is 0 Å². The van der Waals surface area contributed by atoms with Crippen LogP contribution in [-0.4, -0.2) is 31.1 Å². The van der Waals surface area contributed by atoms with Crippen molar-refractivity contribution >= 4 is 18.8 Å². The number of likely N-dealkylation sites (N-methyl/N-ethyl adjacent to an activating group) is 1. The standard InChI is InChI=1S/C18H22NOP/c1-19-14-8-9-16(19)15-20-21(17-10-4-2-5-11-17)18-12-6-3-7-13-18/h2-7,10-13,16H,8-9,14-15H2,1H3. The molecular weight excluding hydrogens is 277 g/mol. The van der Waals surface area contributed by atoms with Crippen LogP contribution >= 0.6 is 8.15 Å². The highest BCUT2D eigenvalue weighted by molar-refractivity contribution is 7.68. The normalized spacial score (nSPS) is 19.2. The molecule has 1 atom stereocenters. The maximum atomic E-state index is 6.39. The fourth-order valence-corrected chi connectivity index (χ4v) is 4.58. The van der Waals surface area contributed by atoms with Crippen molar-refractivity contribution in [1.82, 2.24) is 4.90 Å². The average molecular weight is 299 g/mol. The van der Waals surface area contributed by atoms with Crippen LogP contribution in [0.2, 0.25) is 0 Å². The zero-order chi connectivity index (χ0) is 14.5. The van der Waals surface area contributed by atoms with Crippen LogP contribution < -0.4 is 10.6 Å². The van der Waals surface area contributed by atoms with Gasteiger partial charge in [-0.1, -0.05) is 60.7 Å². The van der Waals surface area contributed by atoms with Crippen molar-refractivity contribution in [1.29, 1.82) is 0 Å². The number of nitrogens with zero attached hydrogens (tertiary/aromatic N) is 1. The van der Waals surface area contributed by atoms with Crippen LogP contribution in [-0.2, 0) is 4.52 Å². The van der Waals surface area contributed by atoms with Crippen molar-refractivity contribution in [3.63, 3.8) is 0 Å². The molecule has 2 aromatic rings. The van der Waals surface area contributed by atoms with Gasteiger partial charge in [0, 0.05) is 16.7 Å². The summed E-state index contributed by atoms with van der Waals surface area (Å²) >= 11 is 0. The second-order valence-electron chi connectivity index (χ2n) is 5.54. The van der Waals surface area contributed by atoms with Crippen LogP contribution in [0.25, 0.3) is 0 Å². The smallest absolute Gasteiger partial charge is 0.0918 e. The summed E-state index contributed by atoms with van der Waals surface area (Å²) in [4.78, 5) is 2.42. The van der Waals surface area contributed by atoms with Crippen LogP contribution in [0.4, 0.5) is 0 Å². The molecule has 1 fully saturated rings. The van der Waals surface area contributed by atoms with E-state index in [1.807, 2.05) is 0 Å². The van der Waals surface area contributed by atoms with Gasteiger partial charge >= 0.3 is 0 Å². The van der Waals surface area contributed by atoms with E-state index in [-0.39, 0.29) is 0 Å². The van der Waals surface area contributed by atoms with Gasteiger partial charge in [-0.3, -0.25) is 0 Å². The molecule has 3 rings (SSSR count). The predicted octanol–water partition coefficient (Wildman–Crippen LogP) is 3.15. The van der Waals surface area contributed by atoms with E-state index < -0.39 is 8.15 Å². The molecule has 0 aliphatic carbocycles. The van der Waals surface area contributed by atoms with Crippen molar-refractivity contribution in [3.8, 4) is 0 Å². The maximum absolute atomic E-state index is 6.39. The molecule has 3 heteroatoms. The van der Waals surface area contributed by atoms with Gasteiger partial charge in [-0.2, -0.15) is 0 Å². The molecule has 1 aliphatic heterocycles. The first-order valence-corrected chi connectivity index (χ1v) is 8.84. The number of hydrogen-bond acceptors (Lipinski definition) is 2. The molecule has 1 aliphatic rings. The van der Waals surface area contributed by atoms with Gasteiger partial charge in [-0.25, -0.2) is 0 Å². The van der Waals surface area contributed by atoms with E-state index in [9.17, 15) is 0 Å². The molecule has 21 heavy (non-hydrogen) atoms. The van der Waals surface area contributed by atoms with Crippen molar-refractivity contribution in [3.05, 3.63) is 60.7 Å². The van der Waals surface area contributed by atoms with Gasteiger partial charge in [-0.05, 0) is 26.4 Å². The topological polar surface area (TPSA) is 12.5 Å². The lowest BCUT2D eigenvalue weighted by atomic mass is 10.2. The van der Waals surface area contributed by atoms with E-state index in [0.717, 1.165) is 6.61 Å². The Morgan fingerprint density at radius 2 is 1.57 bits per heavy atom. The molecular formula is C18H22NOP. The largest absolute Gasteiger partial charge is 0.348 e. The fourth-order valence-electron chi connectivity index (χ4n) is 2.78. The maximum Gasteiger partial charge on any atom is 0.0918 e. The Labute approximate surface area is 128 Å². The lowest BCUT2D eigenvalue weighted by molar-refractivity contribution is 0.214. The lowest BCUT2D eigenvalue weighted by Crippen LogP contribution is -2.30. The summed E-state index contributed by atoms with van der Waals surface area (Å²) in [6, 6.07) is 21.8. The minimum atomic E-state index is -0.713. The van der Waals surface area contributed by atoms with E-state index in [4.69, 9.17) is 4.52 Å². The first kappa shape index (κ1) is 14.7. The molecule has 0 aromatic heterocycles. The van der Waals surface area contributed by atoms with Crippen LogP contribution in [0.1, 0.15) is 12.8 Å². The molecule has 0 saturated carbocycles. The minimum Gasteiger partial charge on any atom is -0.348 e. The molecule has 1 unspecified atom stereocenters. The molecule has 0 amide bonds. The Morgan fingerprint density at radius 1 is 1.00 bits per heavy atom. The Hall–Kier alpha value is -1.21. The molecule has 110 valence electrons.